The van der Waals surface area contributed by atoms with Crippen LogP contribution in [0.25, 0.3) is 0 Å². The molecule has 4 heteroatoms. The maximum atomic E-state index is 11.2. The number of esters is 2. The molecule has 4 nitrogen and oxygen atoms in total. The molecule has 0 aromatic carbocycles. The van der Waals surface area contributed by atoms with Gasteiger partial charge >= 0.3 is 11.9 Å². The van der Waals surface area contributed by atoms with Crippen molar-refractivity contribution in [2.24, 2.45) is 5.92 Å². The molecule has 84 valence electrons. The topological polar surface area (TPSA) is 52.6 Å². The minimum absolute atomic E-state index is 0.00469. The van der Waals surface area contributed by atoms with Crippen molar-refractivity contribution in [3.05, 3.63) is 12.7 Å². The maximum Gasteiger partial charge on any atom is 0.344 e. The van der Waals surface area contributed by atoms with Crippen LogP contribution in [0, 0.1) is 5.92 Å². The third-order valence-electron chi connectivity index (χ3n) is 2.44. The van der Waals surface area contributed by atoms with Crippen LogP contribution in [0.3, 0.4) is 0 Å². The average molecular weight is 212 g/mol. The van der Waals surface area contributed by atoms with E-state index >= 15 is 0 Å². The summed E-state index contributed by atoms with van der Waals surface area (Å²) >= 11 is 0. The van der Waals surface area contributed by atoms with Crippen molar-refractivity contribution < 1.29 is 19.1 Å². The molecule has 0 bridgehead atoms. The van der Waals surface area contributed by atoms with E-state index in [0.717, 1.165) is 25.3 Å². The van der Waals surface area contributed by atoms with Gasteiger partial charge in [0.1, 0.15) is 6.10 Å². The third-order valence-corrected chi connectivity index (χ3v) is 2.44. The minimum atomic E-state index is -0.605. The first kappa shape index (κ1) is 11.8. The molecule has 1 saturated carbocycles. The van der Waals surface area contributed by atoms with Gasteiger partial charge in [-0.15, -0.1) is 0 Å². The number of carbonyl (C=O) groups excluding carboxylic acids is 2. The van der Waals surface area contributed by atoms with Gasteiger partial charge in [-0.1, -0.05) is 13.5 Å². The Balaban J connectivity index is 2.18. The summed E-state index contributed by atoms with van der Waals surface area (Å²) < 4.78 is 9.68. The number of carbonyl (C=O) groups is 2. The van der Waals surface area contributed by atoms with Gasteiger partial charge in [0.25, 0.3) is 0 Å². The standard InChI is InChI=1S/C11H16O4/c1-3-10(12)14-7-11(13)15-9-5-4-8(2)6-9/h3,8-9H,1,4-7H2,2H3. The highest BCUT2D eigenvalue weighted by Crippen LogP contribution is 2.26. The molecule has 0 aromatic rings. The molecule has 0 N–H and O–H groups in total. The second-order valence-electron chi connectivity index (χ2n) is 3.84. The van der Waals surface area contributed by atoms with E-state index in [1.165, 1.54) is 0 Å². The van der Waals surface area contributed by atoms with Crippen LogP contribution < -0.4 is 0 Å². The van der Waals surface area contributed by atoms with Crippen LogP contribution in [0.15, 0.2) is 12.7 Å². The molecule has 1 fully saturated rings. The zero-order chi connectivity index (χ0) is 11.3. The molecule has 0 saturated heterocycles. The Labute approximate surface area is 89.2 Å². The van der Waals surface area contributed by atoms with Gasteiger partial charge in [-0.3, -0.25) is 0 Å². The van der Waals surface area contributed by atoms with Crippen molar-refractivity contribution in [2.45, 2.75) is 32.3 Å². The van der Waals surface area contributed by atoms with E-state index < -0.39 is 11.9 Å². The molecule has 2 atom stereocenters. The van der Waals surface area contributed by atoms with Gasteiger partial charge in [0, 0.05) is 6.08 Å². The van der Waals surface area contributed by atoms with Gasteiger partial charge in [-0.2, -0.15) is 0 Å². The molecule has 0 amide bonds. The molecule has 2 unspecified atom stereocenters. The summed E-state index contributed by atoms with van der Waals surface area (Å²) in [6.07, 6.45) is 3.91. The fourth-order valence-corrected chi connectivity index (χ4v) is 1.67. The van der Waals surface area contributed by atoms with Gasteiger partial charge in [-0.25, -0.2) is 9.59 Å². The highest BCUT2D eigenvalue weighted by molar-refractivity contribution is 5.83. The van der Waals surface area contributed by atoms with Crippen molar-refractivity contribution in [1.29, 1.82) is 0 Å². The van der Waals surface area contributed by atoms with Crippen LogP contribution >= 0.6 is 0 Å². The Morgan fingerprint density at radius 3 is 2.73 bits per heavy atom. The lowest BCUT2D eigenvalue weighted by atomic mass is 10.1. The second-order valence-corrected chi connectivity index (χ2v) is 3.84. The first-order valence-electron chi connectivity index (χ1n) is 5.10. The Morgan fingerprint density at radius 2 is 2.20 bits per heavy atom. The van der Waals surface area contributed by atoms with Gasteiger partial charge in [0.2, 0.25) is 0 Å². The Morgan fingerprint density at radius 1 is 1.47 bits per heavy atom. The highest BCUT2D eigenvalue weighted by atomic mass is 16.6. The fraction of sp³-hybridized carbons (Fsp3) is 0.636. The van der Waals surface area contributed by atoms with Crippen molar-refractivity contribution in [1.82, 2.24) is 0 Å². The molecule has 0 radical (unpaired) electrons. The summed E-state index contributed by atoms with van der Waals surface area (Å²) in [5, 5.41) is 0. The van der Waals surface area contributed by atoms with Crippen LogP contribution in [0.1, 0.15) is 26.2 Å². The third kappa shape index (κ3) is 4.14. The molecule has 0 heterocycles. The summed E-state index contributed by atoms with van der Waals surface area (Å²) in [4.78, 5) is 21.8. The molecule has 0 spiro atoms. The van der Waals surface area contributed by atoms with Crippen molar-refractivity contribution in [2.75, 3.05) is 6.61 Å². The molecular formula is C11H16O4. The van der Waals surface area contributed by atoms with Crippen LogP contribution in [0.5, 0.6) is 0 Å². The average Bonchev–Trinajstić information content (AvgIpc) is 2.60. The van der Waals surface area contributed by atoms with E-state index in [1.54, 1.807) is 0 Å². The van der Waals surface area contributed by atoms with Gasteiger partial charge in [-0.05, 0) is 25.2 Å². The Kier molecular flexibility index (Phi) is 4.34. The van der Waals surface area contributed by atoms with Crippen molar-refractivity contribution in [3.8, 4) is 0 Å². The molecular weight excluding hydrogens is 196 g/mol. The summed E-state index contributed by atoms with van der Waals surface area (Å²) in [6.45, 7) is 5.03. The molecule has 1 aliphatic carbocycles. The van der Waals surface area contributed by atoms with Crippen LogP contribution in [0.2, 0.25) is 0 Å². The highest BCUT2D eigenvalue weighted by Gasteiger charge is 2.24. The molecule has 1 rings (SSSR count). The first-order chi connectivity index (χ1) is 7.11. The van der Waals surface area contributed by atoms with E-state index in [9.17, 15) is 9.59 Å². The van der Waals surface area contributed by atoms with Gasteiger partial charge in [0.15, 0.2) is 6.61 Å². The molecule has 0 aromatic heterocycles. The summed E-state index contributed by atoms with van der Waals surface area (Å²) in [6, 6.07) is 0. The van der Waals surface area contributed by atoms with Crippen LogP contribution in [-0.4, -0.2) is 24.6 Å². The summed E-state index contributed by atoms with van der Waals surface area (Å²) in [5.74, 6) is -0.477. The largest absolute Gasteiger partial charge is 0.460 e. The van der Waals surface area contributed by atoms with E-state index in [1.807, 2.05) is 0 Å². The predicted octanol–water partition coefficient (Wildman–Crippen LogP) is 1.45. The quantitative estimate of drug-likeness (QED) is 0.522. The Bertz CT molecular complexity index is 259. The molecule has 15 heavy (non-hydrogen) atoms. The summed E-state index contributed by atoms with van der Waals surface area (Å²) in [5.41, 5.74) is 0. The van der Waals surface area contributed by atoms with E-state index in [4.69, 9.17) is 4.74 Å². The number of rotatable bonds is 4. The number of hydrogen-bond donors (Lipinski definition) is 0. The number of ether oxygens (including phenoxy) is 2. The smallest absolute Gasteiger partial charge is 0.344 e. The monoisotopic (exact) mass is 212 g/mol. The van der Waals surface area contributed by atoms with Crippen molar-refractivity contribution >= 4 is 11.9 Å². The zero-order valence-electron chi connectivity index (χ0n) is 8.90. The molecule has 0 aliphatic heterocycles. The van der Waals surface area contributed by atoms with E-state index in [0.29, 0.717) is 5.92 Å². The first-order valence-corrected chi connectivity index (χ1v) is 5.10. The van der Waals surface area contributed by atoms with Crippen LogP contribution in [0.4, 0.5) is 0 Å². The lowest BCUT2D eigenvalue weighted by Gasteiger charge is -2.11. The van der Waals surface area contributed by atoms with Gasteiger partial charge < -0.3 is 9.47 Å². The minimum Gasteiger partial charge on any atom is -0.460 e. The SMILES string of the molecule is C=CC(=O)OCC(=O)OC1CCC(C)C1. The van der Waals surface area contributed by atoms with Crippen molar-refractivity contribution in [3.63, 3.8) is 0 Å². The van der Waals surface area contributed by atoms with Gasteiger partial charge in [0.05, 0.1) is 0 Å². The van der Waals surface area contributed by atoms with Crippen LogP contribution in [-0.2, 0) is 19.1 Å². The predicted molar refractivity (Wildman–Crippen MR) is 54.1 cm³/mol. The zero-order valence-corrected chi connectivity index (χ0v) is 8.90. The summed E-state index contributed by atoms with van der Waals surface area (Å²) in [7, 11) is 0. The lowest BCUT2D eigenvalue weighted by Crippen LogP contribution is -2.20. The molecule has 1 aliphatic rings. The normalized spacial score (nSPS) is 24.6. The van der Waals surface area contributed by atoms with E-state index in [-0.39, 0.29) is 12.7 Å². The second kappa shape index (κ2) is 5.53. The fourth-order valence-electron chi connectivity index (χ4n) is 1.67. The number of hydrogen-bond acceptors (Lipinski definition) is 4. The van der Waals surface area contributed by atoms with E-state index in [2.05, 4.69) is 18.2 Å². The maximum absolute atomic E-state index is 11.2. The lowest BCUT2D eigenvalue weighted by molar-refractivity contribution is -0.159. The Hall–Kier alpha value is -1.32.